The van der Waals surface area contributed by atoms with E-state index in [0.717, 1.165) is 16.3 Å². The van der Waals surface area contributed by atoms with Gasteiger partial charge in [0, 0.05) is 6.42 Å². The molecule has 3 aromatic rings. The zero-order valence-corrected chi connectivity index (χ0v) is 14.7. The van der Waals surface area contributed by atoms with Gasteiger partial charge in [-0.05, 0) is 41.8 Å². The van der Waals surface area contributed by atoms with Gasteiger partial charge < -0.3 is 10.1 Å². The number of carbonyl (C=O) groups is 1. The maximum atomic E-state index is 13.5. The van der Waals surface area contributed by atoms with Gasteiger partial charge in [0.2, 0.25) is 5.91 Å². The molecule has 1 amide bonds. The molecule has 0 aliphatic rings. The normalized spacial score (nSPS) is 11.9. The lowest BCUT2D eigenvalue weighted by Crippen LogP contribution is -2.26. The molecule has 0 radical (unpaired) electrons. The van der Waals surface area contributed by atoms with Gasteiger partial charge in [0.1, 0.15) is 0 Å². The van der Waals surface area contributed by atoms with Crippen LogP contribution in [0.25, 0.3) is 10.8 Å². The number of hydrogen-bond acceptors (Lipinski definition) is 2. The predicted molar refractivity (Wildman–Crippen MR) is 102 cm³/mol. The Labute approximate surface area is 152 Å². The second-order valence-corrected chi connectivity index (χ2v) is 6.24. The van der Waals surface area contributed by atoms with Crippen molar-refractivity contribution in [1.29, 1.82) is 0 Å². The molecule has 0 aromatic heterocycles. The Balaban J connectivity index is 1.51. The average Bonchev–Trinajstić information content (AvgIpc) is 2.66. The Morgan fingerprint density at radius 2 is 1.77 bits per heavy atom. The van der Waals surface area contributed by atoms with Crippen LogP contribution in [0, 0.1) is 5.82 Å². The van der Waals surface area contributed by atoms with Crippen molar-refractivity contribution in [2.24, 2.45) is 0 Å². The van der Waals surface area contributed by atoms with Crippen LogP contribution in [0.1, 0.15) is 31.4 Å². The third-order valence-electron chi connectivity index (χ3n) is 4.31. The number of benzene rings is 3. The lowest BCUT2D eigenvalue weighted by molar-refractivity contribution is -0.121. The van der Waals surface area contributed by atoms with Crippen molar-refractivity contribution >= 4 is 16.7 Å². The summed E-state index contributed by atoms with van der Waals surface area (Å²) in [7, 11) is 0. The number of nitrogens with one attached hydrogen (secondary N) is 1. The fourth-order valence-corrected chi connectivity index (χ4v) is 3.00. The fraction of sp³-hybridized carbons (Fsp3) is 0.227. The molecule has 3 nitrogen and oxygen atoms in total. The molecule has 1 unspecified atom stereocenters. The van der Waals surface area contributed by atoms with Gasteiger partial charge in [-0.1, -0.05) is 54.6 Å². The highest BCUT2D eigenvalue weighted by molar-refractivity contribution is 5.86. The van der Waals surface area contributed by atoms with Crippen LogP contribution in [0.2, 0.25) is 0 Å². The maximum Gasteiger partial charge on any atom is 0.220 e. The largest absolute Gasteiger partial charge is 0.491 e. The number of ether oxygens (including phenoxy) is 1. The summed E-state index contributed by atoms with van der Waals surface area (Å²) < 4.78 is 18.8. The molecule has 4 heteroatoms. The van der Waals surface area contributed by atoms with E-state index in [2.05, 4.69) is 23.5 Å². The van der Waals surface area contributed by atoms with Crippen LogP contribution >= 0.6 is 0 Å². The van der Waals surface area contributed by atoms with Crippen LogP contribution < -0.4 is 10.1 Å². The molecule has 0 saturated carbocycles. The second kappa shape index (κ2) is 8.48. The van der Waals surface area contributed by atoms with E-state index in [1.165, 1.54) is 6.07 Å². The van der Waals surface area contributed by atoms with E-state index in [0.29, 0.717) is 19.4 Å². The number of rotatable bonds is 7. The number of fused-ring (bicyclic) bond motifs is 1. The van der Waals surface area contributed by atoms with Crippen LogP contribution in [0.3, 0.4) is 0 Å². The van der Waals surface area contributed by atoms with Crippen LogP contribution in [0.5, 0.6) is 5.75 Å². The van der Waals surface area contributed by atoms with E-state index in [1.54, 1.807) is 18.2 Å². The molecule has 3 rings (SSSR count). The van der Waals surface area contributed by atoms with E-state index >= 15 is 0 Å². The molecular formula is C22H22FNO2. The van der Waals surface area contributed by atoms with Gasteiger partial charge in [-0.15, -0.1) is 0 Å². The molecule has 0 saturated heterocycles. The van der Waals surface area contributed by atoms with Gasteiger partial charge in [0.15, 0.2) is 11.6 Å². The fourth-order valence-electron chi connectivity index (χ4n) is 3.00. The summed E-state index contributed by atoms with van der Waals surface area (Å²) in [6.45, 7) is 2.28. The molecule has 0 fully saturated rings. The Kier molecular flexibility index (Phi) is 5.84. The van der Waals surface area contributed by atoms with Crippen molar-refractivity contribution in [2.45, 2.75) is 25.8 Å². The Bertz CT molecular complexity index is 889. The van der Waals surface area contributed by atoms with E-state index in [1.807, 2.05) is 31.2 Å². The molecule has 134 valence electrons. The van der Waals surface area contributed by atoms with E-state index in [-0.39, 0.29) is 23.5 Å². The molecular weight excluding hydrogens is 329 g/mol. The Morgan fingerprint density at radius 1 is 1.04 bits per heavy atom. The topological polar surface area (TPSA) is 38.3 Å². The van der Waals surface area contributed by atoms with Gasteiger partial charge in [0.05, 0.1) is 12.6 Å². The van der Waals surface area contributed by atoms with Crippen molar-refractivity contribution in [3.63, 3.8) is 0 Å². The lowest BCUT2D eigenvalue weighted by atomic mass is 9.99. The number of halogens is 1. The summed E-state index contributed by atoms with van der Waals surface area (Å²) in [6.07, 6.45) is 0.867. The van der Waals surface area contributed by atoms with Crippen molar-refractivity contribution < 1.29 is 13.9 Å². The second-order valence-electron chi connectivity index (χ2n) is 6.24. The first-order valence-corrected chi connectivity index (χ1v) is 8.79. The molecule has 0 spiro atoms. The van der Waals surface area contributed by atoms with Crippen LogP contribution in [-0.4, -0.2) is 12.5 Å². The molecule has 0 aliphatic heterocycles. The van der Waals surface area contributed by atoms with Gasteiger partial charge in [-0.3, -0.25) is 4.79 Å². The third kappa shape index (κ3) is 4.39. The van der Waals surface area contributed by atoms with Crippen molar-refractivity contribution in [1.82, 2.24) is 5.32 Å². The highest BCUT2D eigenvalue weighted by Crippen LogP contribution is 2.24. The van der Waals surface area contributed by atoms with Gasteiger partial charge in [0.25, 0.3) is 0 Å². The summed E-state index contributed by atoms with van der Waals surface area (Å²) in [4.78, 5) is 12.2. The summed E-state index contributed by atoms with van der Waals surface area (Å²) in [5.41, 5.74) is 1.10. The Hall–Kier alpha value is -2.88. The number of amides is 1. The zero-order chi connectivity index (χ0) is 18.4. The quantitative estimate of drug-likeness (QED) is 0.607. The minimum atomic E-state index is -0.387. The standard InChI is InChI=1S/C22H22FNO2/c1-16(18-11-6-9-17-8-2-3-10-19(17)18)24-22(25)14-7-15-26-21-13-5-4-12-20(21)23/h2-6,8-13,16H,7,14-15H2,1H3,(H,24,25). The smallest absolute Gasteiger partial charge is 0.220 e. The molecule has 0 aliphatic carbocycles. The number of carbonyl (C=O) groups excluding carboxylic acids is 1. The minimum absolute atomic E-state index is 0.0393. The third-order valence-corrected chi connectivity index (χ3v) is 4.31. The average molecular weight is 351 g/mol. The van der Waals surface area contributed by atoms with Gasteiger partial charge in [-0.2, -0.15) is 0 Å². The van der Waals surface area contributed by atoms with Crippen LogP contribution in [-0.2, 0) is 4.79 Å². The van der Waals surface area contributed by atoms with Crippen LogP contribution in [0.15, 0.2) is 66.7 Å². The minimum Gasteiger partial charge on any atom is -0.491 e. The van der Waals surface area contributed by atoms with Gasteiger partial charge in [-0.25, -0.2) is 4.39 Å². The molecule has 1 N–H and O–H groups in total. The summed E-state index contributed by atoms with van der Waals surface area (Å²) >= 11 is 0. The summed E-state index contributed by atoms with van der Waals surface area (Å²) in [6, 6.07) is 20.4. The molecule has 1 atom stereocenters. The van der Waals surface area contributed by atoms with Crippen molar-refractivity contribution in [2.75, 3.05) is 6.61 Å². The zero-order valence-electron chi connectivity index (χ0n) is 14.7. The monoisotopic (exact) mass is 351 g/mol. The SMILES string of the molecule is CC(NC(=O)CCCOc1ccccc1F)c1cccc2ccccc12. The van der Waals surface area contributed by atoms with Gasteiger partial charge >= 0.3 is 0 Å². The van der Waals surface area contributed by atoms with Crippen molar-refractivity contribution in [3.8, 4) is 5.75 Å². The number of hydrogen-bond donors (Lipinski definition) is 1. The molecule has 3 aromatic carbocycles. The first-order chi connectivity index (χ1) is 12.6. The van der Waals surface area contributed by atoms with E-state index < -0.39 is 0 Å². The maximum absolute atomic E-state index is 13.5. The summed E-state index contributed by atoms with van der Waals surface area (Å²) in [5, 5.41) is 5.33. The first kappa shape index (κ1) is 17.9. The highest BCUT2D eigenvalue weighted by atomic mass is 19.1. The number of para-hydroxylation sites is 1. The van der Waals surface area contributed by atoms with Crippen molar-refractivity contribution in [3.05, 3.63) is 78.1 Å². The highest BCUT2D eigenvalue weighted by Gasteiger charge is 2.12. The predicted octanol–water partition coefficient (Wildman–Crippen LogP) is 5.02. The van der Waals surface area contributed by atoms with E-state index in [4.69, 9.17) is 4.74 Å². The molecule has 0 heterocycles. The molecule has 0 bridgehead atoms. The van der Waals surface area contributed by atoms with Crippen LogP contribution in [0.4, 0.5) is 4.39 Å². The first-order valence-electron chi connectivity index (χ1n) is 8.79. The lowest BCUT2D eigenvalue weighted by Gasteiger charge is -2.17. The molecule has 26 heavy (non-hydrogen) atoms. The Morgan fingerprint density at radius 3 is 2.62 bits per heavy atom. The van der Waals surface area contributed by atoms with E-state index in [9.17, 15) is 9.18 Å². The summed E-state index contributed by atoms with van der Waals surface area (Å²) in [5.74, 6) is -0.207.